The molecule has 1 aliphatic heterocycles. The van der Waals surface area contributed by atoms with Crippen LogP contribution in [0.15, 0.2) is 16.7 Å². The predicted octanol–water partition coefficient (Wildman–Crippen LogP) is 3.30. The van der Waals surface area contributed by atoms with Gasteiger partial charge in [-0.1, -0.05) is 0 Å². The molecule has 2 fully saturated rings. The maximum Gasteiger partial charge on any atom is 0.407 e. The van der Waals surface area contributed by atoms with Crippen LogP contribution in [0.1, 0.15) is 61.7 Å². The van der Waals surface area contributed by atoms with E-state index in [1.54, 1.807) is 4.90 Å². The highest BCUT2D eigenvalue weighted by molar-refractivity contribution is 5.90. The third-order valence-electron chi connectivity index (χ3n) is 6.05. The normalized spacial score (nSPS) is 24.2. The number of oxazole rings is 1. The number of carbonyl (C=O) groups excluding carboxylic acids is 1. The first kappa shape index (κ1) is 19.5. The Kier molecular flexibility index (Phi) is 5.55. The maximum atomic E-state index is 12.1. The topological polar surface area (TPSA) is 124 Å². The standard InChI is InChI=1S/C20H27N5O4/c1-12-11-29-19(21-12)10-18(26)22-17-9-16(23-24-17)14-5-4-13(7-14)8-15-3-2-6-25(15)20(27)28/h9,11,13-15H,2-8,10H2,1H3,(H,27,28)(H2,22,23,24,26)/t13?,14?,15-/m0/s1. The highest BCUT2D eigenvalue weighted by Crippen LogP contribution is 2.41. The van der Waals surface area contributed by atoms with Crippen LogP contribution < -0.4 is 5.32 Å². The Morgan fingerprint density at radius 2 is 2.24 bits per heavy atom. The summed E-state index contributed by atoms with van der Waals surface area (Å²) in [4.78, 5) is 29.2. The van der Waals surface area contributed by atoms with E-state index >= 15 is 0 Å². The number of aromatic amines is 1. The van der Waals surface area contributed by atoms with Gasteiger partial charge in [-0.05, 0) is 51.4 Å². The quantitative estimate of drug-likeness (QED) is 0.682. The Balaban J connectivity index is 1.28. The molecule has 0 bridgehead atoms. The fraction of sp³-hybridized carbons (Fsp3) is 0.600. The molecule has 0 aromatic carbocycles. The van der Waals surface area contributed by atoms with Crippen LogP contribution in [-0.4, -0.2) is 49.8 Å². The molecular formula is C20H27N5O4. The molecule has 3 atom stereocenters. The van der Waals surface area contributed by atoms with Crippen LogP contribution in [0, 0.1) is 12.8 Å². The van der Waals surface area contributed by atoms with Gasteiger partial charge in [0.1, 0.15) is 12.7 Å². The van der Waals surface area contributed by atoms with Gasteiger partial charge in [0.25, 0.3) is 0 Å². The van der Waals surface area contributed by atoms with Crippen molar-refractivity contribution in [3.8, 4) is 0 Å². The average Bonchev–Trinajstić information content (AvgIpc) is 3.43. The fourth-order valence-corrected chi connectivity index (χ4v) is 4.71. The fourth-order valence-electron chi connectivity index (χ4n) is 4.71. The van der Waals surface area contributed by atoms with Crippen molar-refractivity contribution in [3.05, 3.63) is 29.6 Å². The number of H-pyrrole nitrogens is 1. The zero-order chi connectivity index (χ0) is 20.4. The molecule has 29 heavy (non-hydrogen) atoms. The molecule has 2 unspecified atom stereocenters. The van der Waals surface area contributed by atoms with Gasteiger partial charge in [-0.25, -0.2) is 9.78 Å². The van der Waals surface area contributed by atoms with E-state index < -0.39 is 6.09 Å². The highest BCUT2D eigenvalue weighted by atomic mass is 16.4. The van der Waals surface area contributed by atoms with Crippen LogP contribution in [0.5, 0.6) is 0 Å². The van der Waals surface area contributed by atoms with Gasteiger partial charge < -0.3 is 19.7 Å². The third kappa shape index (κ3) is 4.60. The van der Waals surface area contributed by atoms with Crippen molar-refractivity contribution in [2.45, 2.75) is 63.8 Å². The number of nitrogens with one attached hydrogen (secondary N) is 2. The minimum absolute atomic E-state index is 0.0724. The van der Waals surface area contributed by atoms with Crippen LogP contribution in [0.25, 0.3) is 0 Å². The zero-order valence-electron chi connectivity index (χ0n) is 16.6. The summed E-state index contributed by atoms with van der Waals surface area (Å²) in [5.74, 6) is 1.57. The number of likely N-dealkylation sites (tertiary alicyclic amines) is 1. The third-order valence-corrected chi connectivity index (χ3v) is 6.05. The number of carbonyl (C=O) groups is 2. The van der Waals surface area contributed by atoms with Crippen LogP contribution in [-0.2, 0) is 11.2 Å². The summed E-state index contributed by atoms with van der Waals surface area (Å²) in [6.45, 7) is 2.47. The lowest BCUT2D eigenvalue weighted by Crippen LogP contribution is -2.35. The van der Waals surface area contributed by atoms with Crippen LogP contribution in [0.2, 0.25) is 0 Å². The van der Waals surface area contributed by atoms with Gasteiger partial charge in [0, 0.05) is 30.3 Å². The van der Waals surface area contributed by atoms with Crippen LogP contribution in [0.4, 0.5) is 10.6 Å². The first-order chi connectivity index (χ1) is 14.0. The molecule has 1 saturated heterocycles. The molecule has 3 heterocycles. The van der Waals surface area contributed by atoms with E-state index in [4.69, 9.17) is 4.42 Å². The number of hydrogen-bond donors (Lipinski definition) is 3. The molecule has 156 valence electrons. The van der Waals surface area contributed by atoms with Crippen LogP contribution >= 0.6 is 0 Å². The van der Waals surface area contributed by atoms with E-state index in [2.05, 4.69) is 20.5 Å². The van der Waals surface area contributed by atoms with E-state index in [0.717, 1.165) is 49.9 Å². The number of amides is 2. The SMILES string of the molecule is Cc1coc(CC(=O)Nc2cc(C3CCC(C[C@@H]4CCCN4C(=O)O)C3)[nH]n2)n1. The molecule has 2 aromatic rings. The van der Waals surface area contributed by atoms with Gasteiger partial charge in [-0.3, -0.25) is 9.89 Å². The molecule has 0 radical (unpaired) electrons. The second-order valence-corrected chi connectivity index (χ2v) is 8.20. The lowest BCUT2D eigenvalue weighted by molar-refractivity contribution is -0.115. The van der Waals surface area contributed by atoms with Gasteiger partial charge in [-0.2, -0.15) is 5.10 Å². The lowest BCUT2D eigenvalue weighted by Gasteiger charge is -2.24. The van der Waals surface area contributed by atoms with Crippen molar-refractivity contribution in [3.63, 3.8) is 0 Å². The van der Waals surface area contributed by atoms with E-state index in [-0.39, 0.29) is 18.4 Å². The summed E-state index contributed by atoms with van der Waals surface area (Å²) in [6.07, 6.45) is 6.84. The molecule has 1 aliphatic carbocycles. The first-order valence-corrected chi connectivity index (χ1v) is 10.2. The van der Waals surface area contributed by atoms with Gasteiger partial charge in [0.15, 0.2) is 5.82 Å². The monoisotopic (exact) mass is 401 g/mol. The molecule has 1 saturated carbocycles. The predicted molar refractivity (Wildman–Crippen MR) is 105 cm³/mol. The summed E-state index contributed by atoms with van der Waals surface area (Å²) in [5.41, 5.74) is 1.77. The maximum absolute atomic E-state index is 12.1. The smallest absolute Gasteiger partial charge is 0.407 e. The second kappa shape index (κ2) is 8.26. The largest absolute Gasteiger partial charge is 0.465 e. The van der Waals surface area contributed by atoms with Gasteiger partial charge in [0.2, 0.25) is 11.8 Å². The van der Waals surface area contributed by atoms with E-state index in [0.29, 0.717) is 30.1 Å². The minimum Gasteiger partial charge on any atom is -0.465 e. The van der Waals surface area contributed by atoms with Gasteiger partial charge in [-0.15, -0.1) is 0 Å². The van der Waals surface area contributed by atoms with E-state index in [1.165, 1.54) is 6.26 Å². The first-order valence-electron chi connectivity index (χ1n) is 10.2. The Bertz CT molecular complexity index is 876. The van der Waals surface area contributed by atoms with Gasteiger partial charge in [0.05, 0.1) is 5.69 Å². The number of hydrogen-bond acceptors (Lipinski definition) is 5. The van der Waals surface area contributed by atoms with Gasteiger partial charge >= 0.3 is 6.09 Å². The Hall–Kier alpha value is -2.84. The summed E-state index contributed by atoms with van der Waals surface area (Å²) >= 11 is 0. The van der Waals surface area contributed by atoms with Crippen molar-refractivity contribution in [1.29, 1.82) is 0 Å². The molecule has 9 heteroatoms. The minimum atomic E-state index is -0.795. The van der Waals surface area contributed by atoms with Crippen molar-refractivity contribution in [1.82, 2.24) is 20.1 Å². The second-order valence-electron chi connectivity index (χ2n) is 8.20. The van der Waals surface area contributed by atoms with E-state index in [1.807, 2.05) is 13.0 Å². The molecule has 2 aromatic heterocycles. The molecule has 0 spiro atoms. The molecule has 3 N–H and O–H groups in total. The van der Waals surface area contributed by atoms with Crippen molar-refractivity contribution < 1.29 is 19.1 Å². The molecule has 4 rings (SSSR count). The molecular weight excluding hydrogens is 374 g/mol. The Morgan fingerprint density at radius 3 is 3.00 bits per heavy atom. The summed E-state index contributed by atoms with van der Waals surface area (Å²) in [6, 6.07) is 2.05. The lowest BCUT2D eigenvalue weighted by atomic mass is 9.95. The number of carboxylic acid groups (broad SMARTS) is 1. The Morgan fingerprint density at radius 1 is 1.38 bits per heavy atom. The summed E-state index contributed by atoms with van der Waals surface area (Å²) in [5, 5.41) is 19.4. The van der Waals surface area contributed by atoms with Crippen LogP contribution in [0.3, 0.4) is 0 Å². The summed E-state index contributed by atoms with van der Waals surface area (Å²) in [7, 11) is 0. The molecule has 2 aliphatic rings. The number of aryl methyl sites for hydroxylation is 1. The highest BCUT2D eigenvalue weighted by Gasteiger charge is 2.34. The Labute approximate surface area is 168 Å². The number of aromatic nitrogens is 3. The van der Waals surface area contributed by atoms with E-state index in [9.17, 15) is 14.7 Å². The van der Waals surface area contributed by atoms with Crippen molar-refractivity contribution in [2.75, 3.05) is 11.9 Å². The number of nitrogens with zero attached hydrogens (tertiary/aromatic N) is 3. The zero-order valence-corrected chi connectivity index (χ0v) is 16.6. The average molecular weight is 401 g/mol. The van der Waals surface area contributed by atoms with Crippen molar-refractivity contribution >= 4 is 17.8 Å². The van der Waals surface area contributed by atoms with Crippen molar-refractivity contribution in [2.24, 2.45) is 5.92 Å². The summed E-state index contributed by atoms with van der Waals surface area (Å²) < 4.78 is 5.21. The molecule has 2 amide bonds. The number of rotatable bonds is 6. The number of anilines is 1. The molecule has 9 nitrogen and oxygen atoms in total.